The second-order valence-corrected chi connectivity index (χ2v) is 18.4. The van der Waals surface area contributed by atoms with Gasteiger partial charge in [0.1, 0.15) is 0 Å². The molecule has 0 atom stereocenters. The molecular weight excluding hydrogens is 737 g/mol. The van der Waals surface area contributed by atoms with Crippen molar-refractivity contribution in [1.29, 1.82) is 0 Å². The van der Waals surface area contributed by atoms with Gasteiger partial charge in [-0.15, -0.1) is 0 Å². The summed E-state index contributed by atoms with van der Waals surface area (Å²) in [6.07, 6.45) is 53.8. The zero-order chi connectivity index (χ0) is 42.8. The molecule has 0 unspecified atom stereocenters. The number of benzene rings is 2. The second kappa shape index (κ2) is 40.7. The standard InChI is InChI=1S/C56H96O4/c1-3-5-7-9-11-13-15-17-19-21-23-25-27-29-31-33-35-37-39-41-49-59-55(57)52-47-43-45-51-46-44-48-53(54(51)52)56(58)60-50-42-40-38-36-34-32-30-28-26-24-22-20-18-16-14-12-10-8-6-4-2/h43-48H,3-42,49-50H2,1-2H3. The number of ether oxygens (including phenoxy) is 2. The Hall–Kier alpha value is -2.36. The maximum Gasteiger partial charge on any atom is 0.338 e. The Labute approximate surface area is 371 Å². The minimum absolute atomic E-state index is 0.354. The Balaban J connectivity index is 1.45. The Morgan fingerprint density at radius 3 is 0.767 bits per heavy atom. The third kappa shape index (κ3) is 29.0. The SMILES string of the molecule is CCCCCCCCCCCCCCCCCCCCCCOC(=O)c1cccc2cccc(C(=O)OCCCCCCCCCCCCCCCCCCCCCC)c12. The van der Waals surface area contributed by atoms with Crippen LogP contribution in [0, 0.1) is 0 Å². The van der Waals surface area contributed by atoms with Crippen LogP contribution >= 0.6 is 0 Å². The van der Waals surface area contributed by atoms with Crippen molar-refractivity contribution in [1.82, 2.24) is 0 Å². The molecule has 4 heteroatoms. The van der Waals surface area contributed by atoms with E-state index in [-0.39, 0.29) is 11.9 Å². The van der Waals surface area contributed by atoms with Gasteiger partial charge >= 0.3 is 11.9 Å². The van der Waals surface area contributed by atoms with Gasteiger partial charge in [0.2, 0.25) is 0 Å². The number of carbonyl (C=O) groups is 2. The van der Waals surface area contributed by atoms with Gasteiger partial charge in [0, 0.05) is 5.39 Å². The molecule has 0 saturated heterocycles. The third-order valence-corrected chi connectivity index (χ3v) is 12.8. The molecule has 2 rings (SSSR count). The highest BCUT2D eigenvalue weighted by atomic mass is 16.5. The number of rotatable bonds is 44. The predicted octanol–water partition coefficient (Wildman–Crippen LogP) is 18.8. The van der Waals surface area contributed by atoms with E-state index in [1.165, 1.54) is 231 Å². The lowest BCUT2D eigenvalue weighted by Crippen LogP contribution is -2.11. The summed E-state index contributed by atoms with van der Waals surface area (Å²) in [6, 6.07) is 11.2. The first-order valence-corrected chi connectivity index (χ1v) is 26.5. The molecule has 0 spiro atoms. The van der Waals surface area contributed by atoms with E-state index in [2.05, 4.69) is 13.8 Å². The maximum absolute atomic E-state index is 13.2. The summed E-state index contributed by atoms with van der Waals surface area (Å²) in [5, 5.41) is 1.50. The summed E-state index contributed by atoms with van der Waals surface area (Å²) < 4.78 is 11.4. The lowest BCUT2D eigenvalue weighted by molar-refractivity contribution is 0.0498. The monoisotopic (exact) mass is 833 g/mol. The van der Waals surface area contributed by atoms with Gasteiger partial charge in [-0.2, -0.15) is 0 Å². The predicted molar refractivity (Wildman–Crippen MR) is 261 cm³/mol. The highest BCUT2D eigenvalue weighted by Crippen LogP contribution is 2.25. The van der Waals surface area contributed by atoms with E-state index < -0.39 is 0 Å². The molecule has 0 aliphatic heterocycles. The fraction of sp³-hybridized carbons (Fsp3) is 0.786. The van der Waals surface area contributed by atoms with E-state index in [4.69, 9.17) is 9.47 Å². The molecule has 0 aromatic heterocycles. The lowest BCUT2D eigenvalue weighted by Gasteiger charge is -2.12. The molecule has 0 bridgehead atoms. The summed E-state index contributed by atoms with van der Waals surface area (Å²) >= 11 is 0. The lowest BCUT2D eigenvalue weighted by atomic mass is 9.99. The van der Waals surface area contributed by atoms with E-state index in [9.17, 15) is 9.59 Å². The summed E-state index contributed by atoms with van der Waals surface area (Å²) in [4.78, 5) is 26.4. The van der Waals surface area contributed by atoms with Crippen LogP contribution in [0.15, 0.2) is 36.4 Å². The van der Waals surface area contributed by atoms with Crippen molar-refractivity contribution in [2.45, 2.75) is 271 Å². The topological polar surface area (TPSA) is 52.6 Å². The van der Waals surface area contributed by atoms with Crippen LogP contribution in [0.1, 0.15) is 291 Å². The molecule has 0 saturated carbocycles. The molecule has 4 nitrogen and oxygen atoms in total. The van der Waals surface area contributed by atoms with Crippen molar-refractivity contribution in [3.8, 4) is 0 Å². The van der Waals surface area contributed by atoms with Gasteiger partial charge < -0.3 is 9.47 Å². The molecule has 0 radical (unpaired) electrons. The van der Waals surface area contributed by atoms with Crippen LogP contribution in [-0.2, 0) is 9.47 Å². The zero-order valence-corrected chi connectivity index (χ0v) is 39.8. The van der Waals surface area contributed by atoms with E-state index in [1.54, 1.807) is 12.1 Å². The number of hydrogen-bond acceptors (Lipinski definition) is 4. The molecule has 0 heterocycles. The minimum atomic E-state index is -0.354. The average Bonchev–Trinajstić information content (AvgIpc) is 3.26. The van der Waals surface area contributed by atoms with Gasteiger partial charge in [-0.05, 0) is 30.4 Å². The largest absolute Gasteiger partial charge is 0.462 e. The van der Waals surface area contributed by atoms with Crippen LogP contribution in [0.25, 0.3) is 10.8 Å². The fourth-order valence-electron chi connectivity index (χ4n) is 8.88. The molecule has 0 aliphatic rings. The Kier molecular flexibility index (Phi) is 36.5. The number of esters is 2. The summed E-state index contributed by atoms with van der Waals surface area (Å²) in [7, 11) is 0. The molecule has 2 aromatic carbocycles. The van der Waals surface area contributed by atoms with Crippen molar-refractivity contribution >= 4 is 22.7 Å². The van der Waals surface area contributed by atoms with Gasteiger partial charge in [-0.25, -0.2) is 9.59 Å². The van der Waals surface area contributed by atoms with Crippen LogP contribution in [0.3, 0.4) is 0 Å². The quantitative estimate of drug-likeness (QED) is 0.0493. The normalized spacial score (nSPS) is 11.4. The van der Waals surface area contributed by atoms with Crippen LogP contribution < -0.4 is 0 Å². The zero-order valence-electron chi connectivity index (χ0n) is 39.8. The molecule has 0 aliphatic carbocycles. The third-order valence-electron chi connectivity index (χ3n) is 12.8. The number of fused-ring (bicyclic) bond motifs is 1. The van der Waals surface area contributed by atoms with Crippen LogP contribution in [0.5, 0.6) is 0 Å². The maximum atomic E-state index is 13.2. The first-order chi connectivity index (χ1) is 29.7. The molecule has 0 amide bonds. The molecule has 60 heavy (non-hydrogen) atoms. The van der Waals surface area contributed by atoms with Crippen LogP contribution in [0.4, 0.5) is 0 Å². The van der Waals surface area contributed by atoms with E-state index in [0.29, 0.717) is 29.7 Å². The first-order valence-electron chi connectivity index (χ1n) is 26.5. The van der Waals surface area contributed by atoms with Gasteiger partial charge in [-0.3, -0.25) is 0 Å². The summed E-state index contributed by atoms with van der Waals surface area (Å²) in [5.74, 6) is -0.708. The molecular formula is C56H96O4. The van der Waals surface area contributed by atoms with E-state index in [0.717, 1.165) is 31.1 Å². The first kappa shape index (κ1) is 53.8. The van der Waals surface area contributed by atoms with Gasteiger partial charge in [0.05, 0.1) is 24.3 Å². The van der Waals surface area contributed by atoms with Crippen molar-refractivity contribution < 1.29 is 19.1 Å². The molecule has 0 N–H and O–H groups in total. The van der Waals surface area contributed by atoms with Gasteiger partial charge in [0.15, 0.2) is 0 Å². The van der Waals surface area contributed by atoms with Crippen LogP contribution in [-0.4, -0.2) is 25.2 Å². The van der Waals surface area contributed by atoms with E-state index in [1.807, 2.05) is 24.3 Å². The molecule has 2 aromatic rings. The number of unbranched alkanes of at least 4 members (excludes halogenated alkanes) is 38. The minimum Gasteiger partial charge on any atom is -0.462 e. The van der Waals surface area contributed by atoms with Gasteiger partial charge in [0.25, 0.3) is 0 Å². The van der Waals surface area contributed by atoms with E-state index >= 15 is 0 Å². The molecule has 344 valence electrons. The summed E-state index contributed by atoms with van der Waals surface area (Å²) in [6.45, 7) is 5.42. The van der Waals surface area contributed by atoms with Crippen molar-refractivity contribution in [2.24, 2.45) is 0 Å². The number of carbonyl (C=O) groups excluding carboxylic acids is 2. The Morgan fingerprint density at radius 1 is 0.317 bits per heavy atom. The molecule has 0 fully saturated rings. The van der Waals surface area contributed by atoms with Gasteiger partial charge in [-0.1, -0.05) is 282 Å². The van der Waals surface area contributed by atoms with Crippen molar-refractivity contribution in [3.05, 3.63) is 47.5 Å². The number of hydrogen-bond donors (Lipinski definition) is 0. The average molecular weight is 833 g/mol. The highest BCUT2D eigenvalue weighted by molar-refractivity contribution is 6.13. The smallest absolute Gasteiger partial charge is 0.338 e. The fourth-order valence-corrected chi connectivity index (χ4v) is 8.88. The van der Waals surface area contributed by atoms with Crippen molar-refractivity contribution in [2.75, 3.05) is 13.2 Å². The van der Waals surface area contributed by atoms with Crippen LogP contribution in [0.2, 0.25) is 0 Å². The Bertz CT molecular complexity index is 1180. The van der Waals surface area contributed by atoms with Crippen molar-refractivity contribution in [3.63, 3.8) is 0 Å². The summed E-state index contributed by atoms with van der Waals surface area (Å²) in [5.41, 5.74) is 0.902. The Morgan fingerprint density at radius 2 is 0.533 bits per heavy atom. The second-order valence-electron chi connectivity index (χ2n) is 18.4. The highest BCUT2D eigenvalue weighted by Gasteiger charge is 2.19.